The Kier molecular flexibility index (Phi) is 6.88. The number of carbonyl (C=O) groups excluding carboxylic acids is 1. The van der Waals surface area contributed by atoms with E-state index in [1.165, 1.54) is 0 Å². The van der Waals surface area contributed by atoms with Crippen molar-refractivity contribution in [2.24, 2.45) is 5.92 Å². The first-order valence-electron chi connectivity index (χ1n) is 9.92. The van der Waals surface area contributed by atoms with Crippen LogP contribution in [0.5, 0.6) is 5.75 Å². The number of ether oxygens (including phenoxy) is 2. The molecule has 0 aliphatic heterocycles. The molecule has 0 N–H and O–H groups in total. The Labute approximate surface area is 172 Å². The van der Waals surface area contributed by atoms with E-state index in [4.69, 9.17) is 9.47 Å². The number of hydrogen-bond acceptors (Lipinski definition) is 4. The minimum absolute atomic E-state index is 0.0122. The van der Waals surface area contributed by atoms with E-state index in [1.807, 2.05) is 65.0 Å². The van der Waals surface area contributed by atoms with Crippen LogP contribution in [0.25, 0.3) is 5.65 Å². The fourth-order valence-corrected chi connectivity index (χ4v) is 3.23. The molecular formula is C23H29N3O3. The Balaban J connectivity index is 1.63. The van der Waals surface area contributed by atoms with Crippen molar-refractivity contribution in [3.8, 4) is 5.75 Å². The van der Waals surface area contributed by atoms with E-state index in [0.29, 0.717) is 43.5 Å². The molecular weight excluding hydrogens is 366 g/mol. The monoisotopic (exact) mass is 395 g/mol. The van der Waals surface area contributed by atoms with E-state index >= 15 is 0 Å². The summed E-state index contributed by atoms with van der Waals surface area (Å²) in [4.78, 5) is 19.3. The maximum absolute atomic E-state index is 12.8. The fraction of sp³-hybridized carbons (Fsp3) is 0.391. The van der Waals surface area contributed by atoms with E-state index in [9.17, 15) is 4.79 Å². The Morgan fingerprint density at radius 1 is 1.21 bits per heavy atom. The number of aromatic nitrogens is 2. The number of hydrogen-bond donors (Lipinski definition) is 0. The third kappa shape index (κ3) is 5.35. The number of rotatable bonds is 9. The highest BCUT2D eigenvalue weighted by Crippen LogP contribution is 2.17. The highest BCUT2D eigenvalue weighted by molar-refractivity contribution is 5.94. The van der Waals surface area contributed by atoms with Crippen LogP contribution in [0.3, 0.4) is 0 Å². The molecule has 0 fully saturated rings. The van der Waals surface area contributed by atoms with Gasteiger partial charge in [0.15, 0.2) is 0 Å². The van der Waals surface area contributed by atoms with Crippen molar-refractivity contribution in [3.05, 3.63) is 65.6 Å². The molecule has 1 aromatic carbocycles. The molecule has 29 heavy (non-hydrogen) atoms. The van der Waals surface area contributed by atoms with Crippen LogP contribution in [-0.4, -0.2) is 47.0 Å². The van der Waals surface area contributed by atoms with Crippen LogP contribution in [0.2, 0.25) is 0 Å². The molecule has 1 amide bonds. The number of fused-ring (bicyclic) bond motifs is 1. The number of pyridine rings is 1. The third-order valence-electron chi connectivity index (χ3n) is 4.65. The average Bonchev–Trinajstić information content (AvgIpc) is 3.14. The summed E-state index contributed by atoms with van der Waals surface area (Å²) in [6.07, 6.45) is 3.95. The van der Waals surface area contributed by atoms with Gasteiger partial charge >= 0.3 is 0 Å². The fourth-order valence-electron chi connectivity index (χ4n) is 3.23. The van der Waals surface area contributed by atoms with E-state index in [-0.39, 0.29) is 5.91 Å². The standard InChI is InChI=1S/C23H29N3O3/c1-17(2)14-26(12-13-28-4)23(27)19-7-9-21(10-8-19)29-16-20-15-25-11-5-6-18(3)22(25)24-20/h5-11,15,17H,12-14,16H2,1-4H3. The first-order chi connectivity index (χ1) is 14.0. The first kappa shape index (κ1) is 20.9. The highest BCUT2D eigenvalue weighted by Gasteiger charge is 2.17. The molecule has 0 saturated carbocycles. The number of benzene rings is 1. The zero-order valence-electron chi connectivity index (χ0n) is 17.6. The van der Waals surface area contributed by atoms with Crippen LogP contribution in [0.4, 0.5) is 0 Å². The summed E-state index contributed by atoms with van der Waals surface area (Å²) in [6, 6.07) is 11.3. The number of methoxy groups -OCH3 is 1. The predicted molar refractivity (Wildman–Crippen MR) is 113 cm³/mol. The van der Waals surface area contributed by atoms with Gasteiger partial charge in [-0.3, -0.25) is 4.79 Å². The van der Waals surface area contributed by atoms with Gasteiger partial charge in [0.05, 0.1) is 12.3 Å². The molecule has 2 heterocycles. The molecule has 3 aromatic rings. The molecule has 6 heteroatoms. The van der Waals surface area contributed by atoms with Crippen LogP contribution in [-0.2, 0) is 11.3 Å². The van der Waals surface area contributed by atoms with Gasteiger partial charge in [0, 0.05) is 38.2 Å². The quantitative estimate of drug-likeness (QED) is 0.550. The number of amides is 1. The second-order valence-electron chi connectivity index (χ2n) is 7.61. The van der Waals surface area contributed by atoms with Gasteiger partial charge in [-0.05, 0) is 48.7 Å². The Bertz CT molecular complexity index is 948. The molecule has 0 unspecified atom stereocenters. The second kappa shape index (κ2) is 9.56. The van der Waals surface area contributed by atoms with Crippen molar-refractivity contribution < 1.29 is 14.3 Å². The molecule has 154 valence electrons. The molecule has 0 spiro atoms. The zero-order valence-corrected chi connectivity index (χ0v) is 17.6. The normalized spacial score (nSPS) is 11.2. The van der Waals surface area contributed by atoms with Gasteiger partial charge in [0.25, 0.3) is 5.91 Å². The maximum atomic E-state index is 12.8. The Morgan fingerprint density at radius 3 is 2.62 bits per heavy atom. The van der Waals surface area contributed by atoms with Gasteiger partial charge in [-0.2, -0.15) is 0 Å². The predicted octanol–water partition coefficient (Wildman–Crippen LogP) is 3.97. The summed E-state index contributed by atoms with van der Waals surface area (Å²) in [5.41, 5.74) is 3.58. The van der Waals surface area contributed by atoms with Gasteiger partial charge in [0.1, 0.15) is 18.0 Å². The summed E-state index contributed by atoms with van der Waals surface area (Å²) in [7, 11) is 1.65. The number of aryl methyl sites for hydroxylation is 1. The molecule has 0 aliphatic carbocycles. The zero-order chi connectivity index (χ0) is 20.8. The van der Waals surface area contributed by atoms with Crippen molar-refractivity contribution in [3.63, 3.8) is 0 Å². The summed E-state index contributed by atoms with van der Waals surface area (Å²) in [5.74, 6) is 1.12. The molecule has 0 bridgehead atoms. The smallest absolute Gasteiger partial charge is 0.253 e. The number of carbonyl (C=O) groups is 1. The van der Waals surface area contributed by atoms with Crippen LogP contribution >= 0.6 is 0 Å². The van der Waals surface area contributed by atoms with Crippen molar-refractivity contribution in [1.82, 2.24) is 14.3 Å². The largest absolute Gasteiger partial charge is 0.487 e. The lowest BCUT2D eigenvalue weighted by molar-refractivity contribution is 0.0672. The van der Waals surface area contributed by atoms with Gasteiger partial charge in [-0.15, -0.1) is 0 Å². The molecule has 0 radical (unpaired) electrons. The van der Waals surface area contributed by atoms with Gasteiger partial charge in [-0.1, -0.05) is 19.9 Å². The van der Waals surface area contributed by atoms with Crippen LogP contribution in [0.15, 0.2) is 48.8 Å². The third-order valence-corrected chi connectivity index (χ3v) is 4.65. The molecule has 0 saturated heterocycles. The van der Waals surface area contributed by atoms with Crippen LogP contribution < -0.4 is 4.74 Å². The van der Waals surface area contributed by atoms with Crippen molar-refractivity contribution in [2.45, 2.75) is 27.4 Å². The Hall–Kier alpha value is -2.86. The number of nitrogens with zero attached hydrogens (tertiary/aromatic N) is 3. The SMILES string of the molecule is COCCN(CC(C)C)C(=O)c1ccc(OCc2cn3cccc(C)c3n2)cc1. The maximum Gasteiger partial charge on any atom is 0.253 e. The summed E-state index contributed by atoms with van der Waals surface area (Å²) in [6.45, 7) is 8.43. The number of imidazole rings is 1. The van der Waals surface area contributed by atoms with Gasteiger partial charge in [-0.25, -0.2) is 4.98 Å². The van der Waals surface area contributed by atoms with Gasteiger partial charge < -0.3 is 18.8 Å². The van der Waals surface area contributed by atoms with E-state index in [2.05, 4.69) is 18.8 Å². The molecule has 0 atom stereocenters. The second-order valence-corrected chi connectivity index (χ2v) is 7.61. The topological polar surface area (TPSA) is 56.1 Å². The summed E-state index contributed by atoms with van der Waals surface area (Å²) < 4.78 is 13.0. The summed E-state index contributed by atoms with van der Waals surface area (Å²) in [5, 5.41) is 0. The van der Waals surface area contributed by atoms with Gasteiger partial charge in [0.2, 0.25) is 0 Å². The lowest BCUT2D eigenvalue weighted by atomic mass is 10.1. The lowest BCUT2D eigenvalue weighted by Gasteiger charge is -2.24. The van der Waals surface area contributed by atoms with E-state index < -0.39 is 0 Å². The summed E-state index contributed by atoms with van der Waals surface area (Å²) >= 11 is 0. The van der Waals surface area contributed by atoms with Crippen molar-refractivity contribution in [1.29, 1.82) is 0 Å². The molecule has 3 rings (SSSR count). The van der Waals surface area contributed by atoms with E-state index in [0.717, 1.165) is 16.9 Å². The minimum Gasteiger partial charge on any atom is -0.487 e. The molecule has 2 aromatic heterocycles. The molecule has 0 aliphatic rings. The Morgan fingerprint density at radius 2 is 1.97 bits per heavy atom. The van der Waals surface area contributed by atoms with Crippen molar-refractivity contribution >= 4 is 11.6 Å². The highest BCUT2D eigenvalue weighted by atomic mass is 16.5. The van der Waals surface area contributed by atoms with E-state index in [1.54, 1.807) is 7.11 Å². The average molecular weight is 396 g/mol. The van der Waals surface area contributed by atoms with Crippen LogP contribution in [0, 0.1) is 12.8 Å². The van der Waals surface area contributed by atoms with Crippen molar-refractivity contribution in [2.75, 3.05) is 26.8 Å². The minimum atomic E-state index is 0.0122. The molecule has 6 nitrogen and oxygen atoms in total. The first-order valence-corrected chi connectivity index (χ1v) is 9.92. The lowest BCUT2D eigenvalue weighted by Crippen LogP contribution is -2.36. The van der Waals surface area contributed by atoms with Crippen LogP contribution in [0.1, 0.15) is 35.5 Å².